The predicted molar refractivity (Wildman–Crippen MR) is 66.1 cm³/mol. The Bertz CT molecular complexity index is 601. The van der Waals surface area contributed by atoms with Crippen LogP contribution >= 0.6 is 0 Å². The molecule has 3 rings (SSSR count). The van der Waals surface area contributed by atoms with Crippen molar-refractivity contribution in [2.75, 3.05) is 26.2 Å². The van der Waals surface area contributed by atoms with Crippen molar-refractivity contribution in [2.24, 2.45) is 0 Å². The lowest BCUT2D eigenvalue weighted by Crippen LogP contribution is -2.43. The number of fused-ring (bicyclic) bond motifs is 1. The molecule has 0 amide bonds. The molecule has 20 heavy (non-hydrogen) atoms. The molecule has 1 aliphatic rings. The second-order valence-electron chi connectivity index (χ2n) is 4.79. The minimum absolute atomic E-state index is 0.433. The predicted octanol–water partition coefficient (Wildman–Crippen LogP) is 1.15. The summed E-state index contributed by atoms with van der Waals surface area (Å²) in [7, 11) is 0. The minimum Gasteiger partial charge on any atom is -0.314 e. The highest BCUT2D eigenvalue weighted by atomic mass is 19.4. The van der Waals surface area contributed by atoms with Crippen LogP contribution in [0.5, 0.6) is 0 Å². The lowest BCUT2D eigenvalue weighted by atomic mass is 10.3. The van der Waals surface area contributed by atoms with Crippen molar-refractivity contribution < 1.29 is 13.2 Å². The molecule has 2 aromatic rings. The van der Waals surface area contributed by atoms with Gasteiger partial charge in [0.2, 0.25) is 0 Å². The SMILES string of the molecule is FC(F)(F)c1ccc2nnc(CN3CCNCC3)n2c1. The molecule has 0 bridgehead atoms. The number of piperazine rings is 1. The second kappa shape index (κ2) is 5.02. The topological polar surface area (TPSA) is 45.5 Å². The van der Waals surface area contributed by atoms with Gasteiger partial charge in [0, 0.05) is 32.4 Å². The Kier molecular flexibility index (Phi) is 3.35. The fourth-order valence-electron chi connectivity index (χ4n) is 2.28. The van der Waals surface area contributed by atoms with Crippen molar-refractivity contribution in [1.29, 1.82) is 0 Å². The van der Waals surface area contributed by atoms with Gasteiger partial charge in [0.15, 0.2) is 11.5 Å². The average molecular weight is 285 g/mol. The minimum atomic E-state index is -4.36. The molecule has 8 heteroatoms. The monoisotopic (exact) mass is 285 g/mol. The maximum Gasteiger partial charge on any atom is 0.417 e. The van der Waals surface area contributed by atoms with E-state index in [1.54, 1.807) is 0 Å². The first kappa shape index (κ1) is 13.3. The zero-order chi connectivity index (χ0) is 14.2. The van der Waals surface area contributed by atoms with E-state index in [1.807, 2.05) is 0 Å². The first-order valence-corrected chi connectivity index (χ1v) is 6.38. The summed E-state index contributed by atoms with van der Waals surface area (Å²) in [5.41, 5.74) is -0.255. The summed E-state index contributed by atoms with van der Waals surface area (Å²) in [6.07, 6.45) is -3.29. The quantitative estimate of drug-likeness (QED) is 0.899. The Morgan fingerprint density at radius 3 is 2.60 bits per heavy atom. The van der Waals surface area contributed by atoms with Crippen LogP contribution in [-0.2, 0) is 12.7 Å². The van der Waals surface area contributed by atoms with Crippen LogP contribution in [0.1, 0.15) is 11.4 Å². The molecule has 0 spiro atoms. The Balaban J connectivity index is 1.90. The number of nitrogens with one attached hydrogen (secondary N) is 1. The van der Waals surface area contributed by atoms with Crippen LogP contribution in [-0.4, -0.2) is 45.7 Å². The molecule has 0 saturated carbocycles. The number of hydrogen-bond donors (Lipinski definition) is 1. The maximum absolute atomic E-state index is 12.7. The zero-order valence-electron chi connectivity index (χ0n) is 10.7. The molecule has 0 unspecified atom stereocenters. The van der Waals surface area contributed by atoms with Crippen molar-refractivity contribution in [3.8, 4) is 0 Å². The van der Waals surface area contributed by atoms with E-state index >= 15 is 0 Å². The summed E-state index contributed by atoms with van der Waals surface area (Å²) in [5, 5.41) is 11.1. The molecule has 1 N–H and O–H groups in total. The van der Waals surface area contributed by atoms with Gasteiger partial charge in [-0.3, -0.25) is 9.30 Å². The zero-order valence-corrected chi connectivity index (χ0v) is 10.7. The van der Waals surface area contributed by atoms with Crippen molar-refractivity contribution >= 4 is 5.65 Å². The van der Waals surface area contributed by atoms with E-state index < -0.39 is 11.7 Å². The van der Waals surface area contributed by atoms with E-state index in [2.05, 4.69) is 20.4 Å². The van der Waals surface area contributed by atoms with Gasteiger partial charge in [-0.25, -0.2) is 0 Å². The molecule has 0 aliphatic carbocycles. The van der Waals surface area contributed by atoms with E-state index in [1.165, 1.54) is 10.5 Å². The molecule has 2 aromatic heterocycles. The molecule has 3 heterocycles. The number of nitrogens with zero attached hydrogens (tertiary/aromatic N) is 4. The summed E-state index contributed by atoms with van der Waals surface area (Å²) < 4.78 is 39.6. The van der Waals surface area contributed by atoms with E-state index in [-0.39, 0.29) is 0 Å². The van der Waals surface area contributed by atoms with Gasteiger partial charge in [-0.1, -0.05) is 0 Å². The lowest BCUT2D eigenvalue weighted by Gasteiger charge is -2.26. The van der Waals surface area contributed by atoms with E-state index in [0.717, 1.165) is 38.4 Å². The van der Waals surface area contributed by atoms with E-state index in [4.69, 9.17) is 0 Å². The first-order valence-electron chi connectivity index (χ1n) is 6.38. The smallest absolute Gasteiger partial charge is 0.314 e. The molecule has 1 saturated heterocycles. The normalized spacial score (nSPS) is 17.8. The fraction of sp³-hybridized carbons (Fsp3) is 0.500. The Labute approximate surface area is 113 Å². The third-order valence-electron chi connectivity index (χ3n) is 3.37. The highest BCUT2D eigenvalue weighted by Crippen LogP contribution is 2.29. The third-order valence-corrected chi connectivity index (χ3v) is 3.37. The largest absolute Gasteiger partial charge is 0.417 e. The number of halogens is 3. The van der Waals surface area contributed by atoms with Crippen LogP contribution < -0.4 is 5.32 Å². The first-order chi connectivity index (χ1) is 9.54. The molecular formula is C12H14F3N5. The molecule has 1 fully saturated rings. The third kappa shape index (κ3) is 2.61. The number of hydrogen-bond acceptors (Lipinski definition) is 4. The molecule has 0 radical (unpaired) electrons. The Hall–Kier alpha value is -1.67. The summed E-state index contributed by atoms with van der Waals surface area (Å²) in [5.74, 6) is 0.535. The summed E-state index contributed by atoms with van der Waals surface area (Å²) in [4.78, 5) is 2.15. The van der Waals surface area contributed by atoms with Gasteiger partial charge in [-0.15, -0.1) is 10.2 Å². The van der Waals surface area contributed by atoms with Crippen LogP contribution in [0.25, 0.3) is 5.65 Å². The van der Waals surface area contributed by atoms with Crippen LogP contribution in [0.15, 0.2) is 18.3 Å². The highest BCUT2D eigenvalue weighted by molar-refractivity contribution is 5.40. The fourth-order valence-corrected chi connectivity index (χ4v) is 2.28. The molecule has 1 aliphatic heterocycles. The van der Waals surface area contributed by atoms with Crippen LogP contribution in [0, 0.1) is 0 Å². The van der Waals surface area contributed by atoms with Gasteiger partial charge in [0.25, 0.3) is 0 Å². The van der Waals surface area contributed by atoms with E-state index in [0.29, 0.717) is 18.0 Å². The Morgan fingerprint density at radius 1 is 1.15 bits per heavy atom. The molecule has 5 nitrogen and oxygen atoms in total. The van der Waals surface area contributed by atoms with Crippen LogP contribution in [0.4, 0.5) is 13.2 Å². The van der Waals surface area contributed by atoms with Crippen LogP contribution in [0.3, 0.4) is 0 Å². The highest BCUT2D eigenvalue weighted by Gasteiger charge is 2.31. The van der Waals surface area contributed by atoms with Crippen molar-refractivity contribution in [2.45, 2.75) is 12.7 Å². The van der Waals surface area contributed by atoms with E-state index in [9.17, 15) is 13.2 Å². The second-order valence-corrected chi connectivity index (χ2v) is 4.79. The number of pyridine rings is 1. The van der Waals surface area contributed by atoms with Gasteiger partial charge < -0.3 is 5.32 Å². The molecule has 0 atom stereocenters. The standard InChI is InChI=1S/C12H14F3N5/c13-12(14,15)9-1-2-10-17-18-11(20(10)7-9)8-19-5-3-16-4-6-19/h1-2,7,16H,3-6,8H2. The summed E-state index contributed by atoms with van der Waals surface area (Å²) in [6, 6.07) is 2.37. The van der Waals surface area contributed by atoms with Gasteiger partial charge in [-0.2, -0.15) is 13.2 Å². The van der Waals surface area contributed by atoms with Gasteiger partial charge in [0.1, 0.15) is 0 Å². The average Bonchev–Trinajstić information content (AvgIpc) is 2.82. The van der Waals surface area contributed by atoms with Gasteiger partial charge >= 0.3 is 6.18 Å². The lowest BCUT2D eigenvalue weighted by molar-refractivity contribution is -0.137. The van der Waals surface area contributed by atoms with Crippen LogP contribution in [0.2, 0.25) is 0 Å². The summed E-state index contributed by atoms with van der Waals surface area (Å²) in [6.45, 7) is 3.97. The number of aromatic nitrogens is 3. The maximum atomic E-state index is 12.7. The van der Waals surface area contributed by atoms with Crippen molar-refractivity contribution in [3.63, 3.8) is 0 Å². The molecular weight excluding hydrogens is 271 g/mol. The van der Waals surface area contributed by atoms with Crippen molar-refractivity contribution in [1.82, 2.24) is 24.8 Å². The number of rotatable bonds is 2. The summed E-state index contributed by atoms with van der Waals surface area (Å²) >= 11 is 0. The molecule has 0 aromatic carbocycles. The van der Waals surface area contributed by atoms with Gasteiger partial charge in [-0.05, 0) is 12.1 Å². The number of alkyl halides is 3. The Morgan fingerprint density at radius 2 is 1.90 bits per heavy atom. The van der Waals surface area contributed by atoms with Gasteiger partial charge in [0.05, 0.1) is 12.1 Å². The molecule has 108 valence electrons. The van der Waals surface area contributed by atoms with Crippen molar-refractivity contribution in [3.05, 3.63) is 29.7 Å².